The van der Waals surface area contributed by atoms with Crippen LogP contribution in [0.25, 0.3) is 0 Å². The zero-order chi connectivity index (χ0) is 22.0. The highest BCUT2D eigenvalue weighted by atomic mass is 16.4. The zero-order valence-corrected chi connectivity index (χ0v) is 19.6. The van der Waals surface area contributed by atoms with Gasteiger partial charge in [0.25, 0.3) is 0 Å². The number of rotatable bonds is 9. The minimum Gasteiger partial charge on any atom is -0.478 e. The maximum atomic E-state index is 11.5. The average molecular weight is 397 g/mol. The summed E-state index contributed by atoms with van der Waals surface area (Å²) >= 11 is 0. The van der Waals surface area contributed by atoms with E-state index in [4.69, 9.17) is 0 Å². The van der Waals surface area contributed by atoms with Gasteiger partial charge in [-0.15, -0.1) is 0 Å². The molecule has 0 aromatic rings. The number of carboxylic acid groups (broad SMARTS) is 1. The van der Waals surface area contributed by atoms with Crippen molar-refractivity contribution in [3.8, 4) is 0 Å². The monoisotopic (exact) mass is 396 g/mol. The van der Waals surface area contributed by atoms with Crippen LogP contribution in [0.2, 0.25) is 0 Å². The van der Waals surface area contributed by atoms with Crippen molar-refractivity contribution < 1.29 is 9.90 Å². The SMILES string of the molecule is CCCC(C(=O)O)=C(C=C(C)C=CC=C(C)C=CC1=C(C)CCCC1(C)C)CC. The highest BCUT2D eigenvalue weighted by Gasteiger charge is 2.26. The first-order chi connectivity index (χ1) is 13.6. The Labute approximate surface area is 178 Å². The molecule has 0 aromatic heterocycles. The number of aliphatic carboxylic acids is 1. The molecule has 0 heterocycles. The second-order valence-electron chi connectivity index (χ2n) is 8.84. The van der Waals surface area contributed by atoms with Gasteiger partial charge in [0.2, 0.25) is 0 Å². The normalized spacial score (nSPS) is 19.3. The molecule has 0 atom stereocenters. The van der Waals surface area contributed by atoms with E-state index >= 15 is 0 Å². The lowest BCUT2D eigenvalue weighted by molar-refractivity contribution is -0.132. The molecule has 0 aromatic carbocycles. The predicted octanol–water partition coefficient (Wildman–Crippen LogP) is 8.11. The van der Waals surface area contributed by atoms with Crippen LogP contribution in [-0.4, -0.2) is 11.1 Å². The summed E-state index contributed by atoms with van der Waals surface area (Å²) in [5.41, 5.74) is 6.99. The van der Waals surface area contributed by atoms with E-state index in [9.17, 15) is 9.90 Å². The quantitative estimate of drug-likeness (QED) is 0.316. The van der Waals surface area contributed by atoms with Crippen LogP contribution in [0.1, 0.15) is 87.0 Å². The van der Waals surface area contributed by atoms with Crippen LogP contribution in [0.3, 0.4) is 0 Å². The Morgan fingerprint density at radius 3 is 2.38 bits per heavy atom. The summed E-state index contributed by atoms with van der Waals surface area (Å²) in [7, 11) is 0. The van der Waals surface area contributed by atoms with Crippen LogP contribution in [0.4, 0.5) is 0 Å². The van der Waals surface area contributed by atoms with Gasteiger partial charge in [-0.2, -0.15) is 0 Å². The molecule has 0 fully saturated rings. The van der Waals surface area contributed by atoms with Crippen molar-refractivity contribution in [3.05, 3.63) is 69.9 Å². The first-order valence-electron chi connectivity index (χ1n) is 11.0. The van der Waals surface area contributed by atoms with E-state index in [1.165, 1.54) is 36.0 Å². The maximum Gasteiger partial charge on any atom is 0.331 e. The molecule has 160 valence electrons. The Hall–Kier alpha value is -2.09. The van der Waals surface area contributed by atoms with Gasteiger partial charge in [0.05, 0.1) is 0 Å². The van der Waals surface area contributed by atoms with E-state index in [1.807, 2.05) is 39.0 Å². The van der Waals surface area contributed by atoms with Gasteiger partial charge in [-0.05, 0) is 69.4 Å². The summed E-state index contributed by atoms with van der Waals surface area (Å²) in [6, 6.07) is 0. The summed E-state index contributed by atoms with van der Waals surface area (Å²) < 4.78 is 0. The van der Waals surface area contributed by atoms with Gasteiger partial charge in [-0.1, -0.05) is 87.3 Å². The van der Waals surface area contributed by atoms with Crippen LogP contribution in [0.15, 0.2) is 69.9 Å². The number of hydrogen-bond donors (Lipinski definition) is 1. The molecule has 0 saturated heterocycles. The van der Waals surface area contributed by atoms with Crippen molar-refractivity contribution in [2.24, 2.45) is 5.41 Å². The minimum absolute atomic E-state index is 0.261. The lowest BCUT2D eigenvalue weighted by Crippen LogP contribution is -2.19. The van der Waals surface area contributed by atoms with E-state index in [0.29, 0.717) is 12.0 Å². The molecule has 0 spiro atoms. The minimum atomic E-state index is -0.798. The van der Waals surface area contributed by atoms with Gasteiger partial charge in [-0.25, -0.2) is 4.79 Å². The van der Waals surface area contributed by atoms with Gasteiger partial charge in [0.1, 0.15) is 0 Å². The van der Waals surface area contributed by atoms with Crippen molar-refractivity contribution in [1.82, 2.24) is 0 Å². The Kier molecular flexibility index (Phi) is 10.2. The molecule has 2 nitrogen and oxygen atoms in total. The fourth-order valence-electron chi connectivity index (χ4n) is 4.01. The molecule has 29 heavy (non-hydrogen) atoms. The van der Waals surface area contributed by atoms with E-state index in [0.717, 1.165) is 24.0 Å². The molecule has 1 aliphatic rings. The number of carbonyl (C=O) groups is 1. The summed E-state index contributed by atoms with van der Waals surface area (Å²) in [5, 5.41) is 9.46. The van der Waals surface area contributed by atoms with Gasteiger partial charge < -0.3 is 5.11 Å². The van der Waals surface area contributed by atoms with Gasteiger partial charge in [-0.3, -0.25) is 0 Å². The Morgan fingerprint density at radius 1 is 1.14 bits per heavy atom. The fourth-order valence-corrected chi connectivity index (χ4v) is 4.01. The van der Waals surface area contributed by atoms with Gasteiger partial charge >= 0.3 is 5.97 Å². The van der Waals surface area contributed by atoms with Crippen molar-refractivity contribution in [2.45, 2.75) is 87.0 Å². The molecule has 0 unspecified atom stereocenters. The van der Waals surface area contributed by atoms with Gasteiger partial charge in [0.15, 0.2) is 0 Å². The molecular weight excluding hydrogens is 356 g/mol. The Morgan fingerprint density at radius 2 is 1.83 bits per heavy atom. The van der Waals surface area contributed by atoms with E-state index in [1.54, 1.807) is 0 Å². The molecule has 1 rings (SSSR count). The Balaban J connectivity index is 2.94. The lowest BCUT2D eigenvalue weighted by atomic mass is 9.72. The largest absolute Gasteiger partial charge is 0.478 e. The number of allylic oxidation sites excluding steroid dienone is 11. The highest BCUT2D eigenvalue weighted by molar-refractivity contribution is 5.88. The first-order valence-corrected chi connectivity index (χ1v) is 11.0. The number of carboxylic acids is 1. The molecule has 0 amide bonds. The predicted molar refractivity (Wildman–Crippen MR) is 126 cm³/mol. The summed E-state index contributed by atoms with van der Waals surface area (Å²) in [6.07, 6.45) is 18.6. The van der Waals surface area contributed by atoms with Crippen molar-refractivity contribution in [2.75, 3.05) is 0 Å². The fraction of sp³-hybridized carbons (Fsp3) is 0.519. The smallest absolute Gasteiger partial charge is 0.331 e. The topological polar surface area (TPSA) is 37.3 Å². The highest BCUT2D eigenvalue weighted by Crippen LogP contribution is 2.40. The molecule has 2 heteroatoms. The molecule has 1 aliphatic carbocycles. The van der Waals surface area contributed by atoms with E-state index in [-0.39, 0.29) is 5.41 Å². The van der Waals surface area contributed by atoms with Crippen LogP contribution in [0.5, 0.6) is 0 Å². The number of hydrogen-bond acceptors (Lipinski definition) is 1. The second-order valence-corrected chi connectivity index (χ2v) is 8.84. The third kappa shape index (κ3) is 8.04. The molecule has 1 N–H and O–H groups in total. The third-order valence-electron chi connectivity index (χ3n) is 5.70. The first kappa shape index (κ1) is 24.9. The molecule has 0 aliphatic heterocycles. The van der Waals surface area contributed by atoms with E-state index < -0.39 is 5.97 Å². The average Bonchev–Trinajstić information content (AvgIpc) is 2.63. The summed E-state index contributed by atoms with van der Waals surface area (Å²) in [6.45, 7) is 15.1. The zero-order valence-electron chi connectivity index (χ0n) is 19.6. The van der Waals surface area contributed by atoms with E-state index in [2.05, 4.69) is 45.9 Å². The van der Waals surface area contributed by atoms with Crippen LogP contribution in [-0.2, 0) is 4.79 Å². The molecule has 0 saturated carbocycles. The second kappa shape index (κ2) is 11.8. The van der Waals surface area contributed by atoms with Gasteiger partial charge in [0, 0.05) is 5.57 Å². The van der Waals surface area contributed by atoms with Crippen LogP contribution >= 0.6 is 0 Å². The molecular formula is C27H40O2. The Bertz CT molecular complexity index is 764. The maximum absolute atomic E-state index is 11.5. The third-order valence-corrected chi connectivity index (χ3v) is 5.70. The lowest BCUT2D eigenvalue weighted by Gasteiger charge is -2.32. The van der Waals surface area contributed by atoms with Crippen molar-refractivity contribution in [1.29, 1.82) is 0 Å². The summed E-state index contributed by atoms with van der Waals surface area (Å²) in [4.78, 5) is 11.5. The van der Waals surface area contributed by atoms with Crippen LogP contribution in [0, 0.1) is 5.41 Å². The van der Waals surface area contributed by atoms with Crippen molar-refractivity contribution in [3.63, 3.8) is 0 Å². The molecule has 0 bridgehead atoms. The molecule has 0 radical (unpaired) electrons. The van der Waals surface area contributed by atoms with Crippen molar-refractivity contribution >= 4 is 5.97 Å². The standard InChI is InChI=1S/C27H40O2/c1-8-12-24(26(28)29)23(9-2)19-21(4)14-10-13-20(3)16-17-25-22(5)15-11-18-27(25,6)7/h10,13-14,16-17,19H,8-9,11-12,15,18H2,1-7H3,(H,28,29). The summed E-state index contributed by atoms with van der Waals surface area (Å²) in [5.74, 6) is -0.798. The van der Waals surface area contributed by atoms with Crippen LogP contribution < -0.4 is 0 Å².